The number of rotatable bonds is 5. The van der Waals surface area contributed by atoms with Crippen LogP contribution in [0.25, 0.3) is 0 Å². The summed E-state index contributed by atoms with van der Waals surface area (Å²) in [5.74, 6) is -0.0476. The molecule has 0 bridgehead atoms. The molecule has 5 nitrogen and oxygen atoms in total. The second-order valence-corrected chi connectivity index (χ2v) is 11.1. The minimum Gasteiger partial charge on any atom is -0.460 e. The zero-order valence-corrected chi connectivity index (χ0v) is 22.0. The fourth-order valence-electron chi connectivity index (χ4n) is 4.90. The van der Waals surface area contributed by atoms with Crippen molar-refractivity contribution in [2.45, 2.75) is 64.5 Å². The molecule has 176 valence electrons. The summed E-state index contributed by atoms with van der Waals surface area (Å²) in [6.45, 7) is 8.93. The Hall–Kier alpha value is -1.99. The first-order valence-corrected chi connectivity index (χ1v) is 13.2. The van der Waals surface area contributed by atoms with Gasteiger partial charge in [-0.2, -0.15) is 0 Å². The van der Waals surface area contributed by atoms with E-state index in [0.717, 1.165) is 47.3 Å². The van der Waals surface area contributed by atoms with Gasteiger partial charge in [0.15, 0.2) is 5.78 Å². The molecule has 2 aromatic rings. The third kappa shape index (κ3) is 4.30. The van der Waals surface area contributed by atoms with Crippen molar-refractivity contribution in [3.8, 4) is 0 Å². The van der Waals surface area contributed by atoms with Gasteiger partial charge in [0.05, 0.1) is 17.0 Å². The van der Waals surface area contributed by atoms with E-state index in [1.54, 1.807) is 19.1 Å². The number of halogens is 1. The van der Waals surface area contributed by atoms with Gasteiger partial charge < -0.3 is 14.1 Å². The Labute approximate surface area is 208 Å². The summed E-state index contributed by atoms with van der Waals surface area (Å²) in [6, 6.07) is 7.21. The van der Waals surface area contributed by atoms with E-state index in [4.69, 9.17) is 9.15 Å². The zero-order valence-electron chi connectivity index (χ0n) is 19.6. The number of carbonyl (C=O) groups excluding carboxylic acids is 2. The minimum atomic E-state index is -0.587. The van der Waals surface area contributed by atoms with E-state index in [-0.39, 0.29) is 22.9 Å². The second-order valence-electron chi connectivity index (χ2n) is 8.58. The number of ketones is 1. The monoisotopic (exact) mass is 531 g/mol. The van der Waals surface area contributed by atoms with Crippen molar-refractivity contribution in [3.05, 3.63) is 62.0 Å². The molecule has 2 heterocycles. The molecule has 1 aliphatic heterocycles. The van der Waals surface area contributed by atoms with Gasteiger partial charge in [-0.3, -0.25) is 4.79 Å². The van der Waals surface area contributed by atoms with Gasteiger partial charge in [0, 0.05) is 27.2 Å². The molecular formula is C26H30BrNO4S. The number of furan rings is 1. The lowest BCUT2D eigenvalue weighted by Crippen LogP contribution is -2.27. The minimum absolute atomic E-state index is 0.0196. The summed E-state index contributed by atoms with van der Waals surface area (Å²) < 4.78 is 12.4. The number of benzene rings is 1. The number of esters is 1. The Balaban J connectivity index is 2.02. The van der Waals surface area contributed by atoms with Gasteiger partial charge in [-0.15, -0.1) is 11.8 Å². The number of fused-ring (bicyclic) bond motifs is 2. The number of allylic oxidation sites excluding steroid dienone is 2. The van der Waals surface area contributed by atoms with Crippen LogP contribution in [0.2, 0.25) is 0 Å². The maximum atomic E-state index is 13.9. The molecule has 33 heavy (non-hydrogen) atoms. The Kier molecular flexibility index (Phi) is 7.10. The van der Waals surface area contributed by atoms with Gasteiger partial charge in [-0.1, -0.05) is 35.2 Å². The molecule has 1 spiro atoms. The molecule has 0 amide bonds. The topological polar surface area (TPSA) is 59.8 Å². The van der Waals surface area contributed by atoms with Crippen LogP contribution in [0.3, 0.4) is 0 Å². The Bertz CT molecular complexity index is 1100. The Morgan fingerprint density at radius 2 is 1.79 bits per heavy atom. The van der Waals surface area contributed by atoms with Crippen LogP contribution in [0, 0.1) is 0 Å². The van der Waals surface area contributed by atoms with Crippen molar-refractivity contribution in [1.82, 2.24) is 0 Å². The number of carbonyl (C=O) groups is 2. The molecule has 0 unspecified atom stereocenters. The average Bonchev–Trinajstić information content (AvgIpc) is 3.18. The van der Waals surface area contributed by atoms with E-state index in [2.05, 4.69) is 41.6 Å². The van der Waals surface area contributed by atoms with Gasteiger partial charge in [-0.05, 0) is 64.8 Å². The van der Waals surface area contributed by atoms with Gasteiger partial charge in [0.2, 0.25) is 5.76 Å². The molecule has 1 fully saturated rings. The normalized spacial score (nSPS) is 17.7. The number of anilines is 1. The number of ether oxygens (including phenoxy) is 1. The van der Waals surface area contributed by atoms with E-state index in [1.807, 2.05) is 23.9 Å². The van der Waals surface area contributed by atoms with Crippen molar-refractivity contribution in [2.75, 3.05) is 18.1 Å². The molecule has 1 aliphatic carbocycles. The van der Waals surface area contributed by atoms with Crippen LogP contribution < -0.4 is 4.90 Å². The third-order valence-electron chi connectivity index (χ3n) is 6.60. The SMILES string of the molecule is CCOC(=O)c1oc2c(c1C(=O)c1ccc(Br)cc1)N(CC)C(C)=C(C)SC21CCCCC1. The maximum Gasteiger partial charge on any atom is 0.375 e. The highest BCUT2D eigenvalue weighted by molar-refractivity contribution is 9.10. The maximum absolute atomic E-state index is 13.9. The first kappa shape index (κ1) is 24.1. The summed E-state index contributed by atoms with van der Waals surface area (Å²) in [5, 5.41) is 0. The van der Waals surface area contributed by atoms with Crippen LogP contribution in [-0.4, -0.2) is 24.9 Å². The molecule has 4 rings (SSSR count). The lowest BCUT2D eigenvalue weighted by Gasteiger charge is -2.35. The molecule has 1 saturated carbocycles. The van der Waals surface area contributed by atoms with Crippen molar-refractivity contribution in [2.24, 2.45) is 0 Å². The molecule has 0 saturated heterocycles. The highest BCUT2D eigenvalue weighted by Crippen LogP contribution is 2.58. The van der Waals surface area contributed by atoms with E-state index < -0.39 is 5.97 Å². The van der Waals surface area contributed by atoms with Crippen molar-refractivity contribution in [1.29, 1.82) is 0 Å². The molecule has 0 radical (unpaired) electrons. The predicted molar refractivity (Wildman–Crippen MR) is 136 cm³/mol. The van der Waals surface area contributed by atoms with Crippen molar-refractivity contribution >= 4 is 45.1 Å². The van der Waals surface area contributed by atoms with Gasteiger partial charge in [0.25, 0.3) is 0 Å². The van der Waals surface area contributed by atoms with Crippen molar-refractivity contribution < 1.29 is 18.7 Å². The second kappa shape index (κ2) is 9.71. The summed E-state index contributed by atoms with van der Waals surface area (Å²) >= 11 is 5.27. The van der Waals surface area contributed by atoms with Crippen LogP contribution in [0.5, 0.6) is 0 Å². The van der Waals surface area contributed by atoms with Gasteiger partial charge in [0.1, 0.15) is 11.3 Å². The fraction of sp³-hybridized carbons (Fsp3) is 0.462. The summed E-state index contributed by atoms with van der Waals surface area (Å²) in [4.78, 5) is 30.3. The Morgan fingerprint density at radius 1 is 1.12 bits per heavy atom. The van der Waals surface area contributed by atoms with Crippen LogP contribution >= 0.6 is 27.7 Å². The van der Waals surface area contributed by atoms with Crippen LogP contribution in [0.15, 0.2) is 43.8 Å². The molecule has 0 N–H and O–H groups in total. The highest BCUT2D eigenvalue weighted by atomic mass is 79.9. The number of hydrogen-bond acceptors (Lipinski definition) is 6. The fourth-order valence-corrected chi connectivity index (χ4v) is 6.74. The summed E-state index contributed by atoms with van der Waals surface area (Å²) in [6.07, 6.45) is 5.28. The smallest absolute Gasteiger partial charge is 0.375 e. The van der Waals surface area contributed by atoms with Crippen LogP contribution in [0.4, 0.5) is 5.69 Å². The zero-order chi connectivity index (χ0) is 23.8. The number of hydrogen-bond donors (Lipinski definition) is 0. The third-order valence-corrected chi connectivity index (χ3v) is 8.72. The quantitative estimate of drug-likeness (QED) is 0.295. The lowest BCUT2D eigenvalue weighted by molar-refractivity contribution is 0.0483. The summed E-state index contributed by atoms with van der Waals surface area (Å²) in [5.41, 5.74) is 2.65. The van der Waals surface area contributed by atoms with Gasteiger partial charge in [-0.25, -0.2) is 4.79 Å². The number of nitrogens with zero attached hydrogens (tertiary/aromatic N) is 1. The first-order chi connectivity index (χ1) is 15.8. The van der Waals surface area contributed by atoms with E-state index in [1.165, 1.54) is 11.3 Å². The molecule has 0 atom stereocenters. The average molecular weight is 533 g/mol. The lowest BCUT2D eigenvalue weighted by atomic mass is 9.85. The first-order valence-electron chi connectivity index (χ1n) is 11.6. The van der Waals surface area contributed by atoms with Crippen molar-refractivity contribution in [3.63, 3.8) is 0 Å². The largest absolute Gasteiger partial charge is 0.460 e. The summed E-state index contributed by atoms with van der Waals surface area (Å²) in [7, 11) is 0. The molecular weight excluding hydrogens is 502 g/mol. The van der Waals surface area contributed by atoms with Gasteiger partial charge >= 0.3 is 5.97 Å². The standard InChI is InChI=1S/C26H30BrNO4S/c1-5-28-16(3)17(4)33-26(14-8-7-9-15-26)24-21(28)20(23(32-24)25(30)31-6-2)22(29)18-10-12-19(27)13-11-18/h10-13H,5-9,14-15H2,1-4H3. The highest BCUT2D eigenvalue weighted by Gasteiger charge is 2.47. The predicted octanol–water partition coefficient (Wildman–Crippen LogP) is 7.43. The molecule has 1 aromatic carbocycles. The molecule has 1 aromatic heterocycles. The molecule has 7 heteroatoms. The van der Waals surface area contributed by atoms with Crippen LogP contribution in [-0.2, 0) is 9.48 Å². The van der Waals surface area contributed by atoms with E-state index >= 15 is 0 Å². The van der Waals surface area contributed by atoms with E-state index in [0.29, 0.717) is 17.7 Å². The Morgan fingerprint density at radius 3 is 2.39 bits per heavy atom. The van der Waals surface area contributed by atoms with E-state index in [9.17, 15) is 9.59 Å². The van der Waals surface area contributed by atoms with Crippen LogP contribution in [0.1, 0.15) is 92.0 Å². The molecule has 2 aliphatic rings. The number of thioether (sulfide) groups is 1.